The Balaban J connectivity index is 2.40. The molecular formula is C13H16N2. The number of nitrogens with one attached hydrogen (secondary N) is 1. The van der Waals surface area contributed by atoms with Crippen molar-refractivity contribution in [3.05, 3.63) is 40.4 Å². The van der Waals surface area contributed by atoms with Crippen molar-refractivity contribution in [3.63, 3.8) is 0 Å². The molecule has 2 heteroatoms. The highest BCUT2D eigenvalue weighted by Crippen LogP contribution is 2.22. The van der Waals surface area contributed by atoms with Crippen LogP contribution in [0.4, 0.5) is 0 Å². The molecule has 1 N–H and O–H groups in total. The van der Waals surface area contributed by atoms with Gasteiger partial charge in [0.25, 0.3) is 0 Å². The average molecular weight is 200 g/mol. The second-order valence-electron chi connectivity index (χ2n) is 4.16. The molecule has 1 aliphatic heterocycles. The molecule has 15 heavy (non-hydrogen) atoms. The van der Waals surface area contributed by atoms with Crippen LogP contribution in [0.3, 0.4) is 0 Å². The number of aromatic amines is 1. The van der Waals surface area contributed by atoms with Crippen LogP contribution in [0, 0.1) is 13.8 Å². The number of aliphatic imine (C=N–C) groups is 1. The summed E-state index contributed by atoms with van der Waals surface area (Å²) in [4.78, 5) is 7.81. The van der Waals surface area contributed by atoms with Gasteiger partial charge in [0.05, 0.1) is 5.70 Å². The molecule has 0 atom stereocenters. The molecule has 1 aromatic rings. The summed E-state index contributed by atoms with van der Waals surface area (Å²) in [6.45, 7) is 8.30. The van der Waals surface area contributed by atoms with Crippen molar-refractivity contribution in [1.29, 1.82) is 0 Å². The lowest BCUT2D eigenvalue weighted by Crippen LogP contribution is -1.81. The number of nitrogens with zero attached hydrogens (tertiary/aromatic N) is 1. The summed E-state index contributed by atoms with van der Waals surface area (Å²) in [7, 11) is 0. The Bertz CT molecular complexity index is 485. The van der Waals surface area contributed by atoms with Crippen LogP contribution in [0.5, 0.6) is 0 Å². The van der Waals surface area contributed by atoms with Crippen LogP contribution >= 0.6 is 0 Å². The van der Waals surface area contributed by atoms with Crippen LogP contribution in [-0.2, 0) is 0 Å². The van der Waals surface area contributed by atoms with Crippen molar-refractivity contribution in [2.24, 2.45) is 4.99 Å². The van der Waals surface area contributed by atoms with Gasteiger partial charge in [0.15, 0.2) is 0 Å². The Morgan fingerprint density at radius 1 is 1.20 bits per heavy atom. The first-order valence-corrected chi connectivity index (χ1v) is 5.18. The van der Waals surface area contributed by atoms with E-state index in [1.54, 1.807) is 0 Å². The average Bonchev–Trinajstić information content (AvgIpc) is 2.58. The third kappa shape index (κ3) is 1.94. The van der Waals surface area contributed by atoms with E-state index < -0.39 is 0 Å². The number of aromatic nitrogens is 1. The zero-order valence-corrected chi connectivity index (χ0v) is 9.68. The van der Waals surface area contributed by atoms with E-state index in [1.807, 2.05) is 6.92 Å². The third-order valence-corrected chi connectivity index (χ3v) is 2.60. The lowest BCUT2D eigenvalue weighted by molar-refractivity contribution is 1.23. The Morgan fingerprint density at radius 2 is 1.93 bits per heavy atom. The first-order valence-electron chi connectivity index (χ1n) is 5.18. The van der Waals surface area contributed by atoms with Crippen molar-refractivity contribution in [3.8, 4) is 0 Å². The molecule has 0 spiro atoms. The van der Waals surface area contributed by atoms with E-state index in [-0.39, 0.29) is 0 Å². The van der Waals surface area contributed by atoms with Gasteiger partial charge in [-0.3, -0.25) is 4.99 Å². The standard InChI is InChI=1S/C13H16N2/c1-8-5-10(3)14-12(8)7-13-9(2)6-11(4)15-13/h5-7,14H,1-4H3. The maximum absolute atomic E-state index is 4.48. The third-order valence-electron chi connectivity index (χ3n) is 2.60. The zero-order valence-electron chi connectivity index (χ0n) is 9.68. The van der Waals surface area contributed by atoms with Gasteiger partial charge >= 0.3 is 0 Å². The lowest BCUT2D eigenvalue weighted by atomic mass is 10.1. The Kier molecular flexibility index (Phi) is 2.35. The van der Waals surface area contributed by atoms with E-state index >= 15 is 0 Å². The van der Waals surface area contributed by atoms with Gasteiger partial charge in [-0.2, -0.15) is 0 Å². The molecule has 0 amide bonds. The molecule has 0 saturated heterocycles. The summed E-state index contributed by atoms with van der Waals surface area (Å²) < 4.78 is 0. The van der Waals surface area contributed by atoms with Gasteiger partial charge in [-0.25, -0.2) is 0 Å². The van der Waals surface area contributed by atoms with Crippen LogP contribution < -0.4 is 0 Å². The highest BCUT2D eigenvalue weighted by atomic mass is 14.8. The predicted molar refractivity (Wildman–Crippen MR) is 65.1 cm³/mol. The summed E-state index contributed by atoms with van der Waals surface area (Å²) in [6.07, 6.45) is 4.22. The number of allylic oxidation sites excluding steroid dienone is 2. The molecular weight excluding hydrogens is 184 g/mol. The van der Waals surface area contributed by atoms with Crippen LogP contribution in [0.1, 0.15) is 30.8 Å². The first-order chi connectivity index (χ1) is 7.06. The largest absolute Gasteiger partial charge is 0.359 e. The maximum atomic E-state index is 4.48. The van der Waals surface area contributed by atoms with E-state index in [4.69, 9.17) is 0 Å². The van der Waals surface area contributed by atoms with Crippen molar-refractivity contribution in [2.75, 3.05) is 0 Å². The maximum Gasteiger partial charge on any atom is 0.0683 e. The molecule has 0 fully saturated rings. The predicted octanol–water partition coefficient (Wildman–Crippen LogP) is 3.39. The Hall–Kier alpha value is -1.57. The summed E-state index contributed by atoms with van der Waals surface area (Å²) in [5, 5.41) is 0. The lowest BCUT2D eigenvalue weighted by Gasteiger charge is -1.96. The van der Waals surface area contributed by atoms with Crippen molar-refractivity contribution in [1.82, 2.24) is 4.98 Å². The molecule has 2 nitrogen and oxygen atoms in total. The fraction of sp³-hybridized carbons (Fsp3) is 0.308. The summed E-state index contributed by atoms with van der Waals surface area (Å²) >= 11 is 0. The number of aryl methyl sites for hydroxylation is 2. The fourth-order valence-corrected chi connectivity index (χ4v) is 1.88. The summed E-state index contributed by atoms with van der Waals surface area (Å²) in [5.41, 5.74) is 7.01. The van der Waals surface area contributed by atoms with Crippen LogP contribution in [0.15, 0.2) is 28.4 Å². The minimum absolute atomic E-state index is 1.07. The Labute approximate surface area is 90.4 Å². The fourth-order valence-electron chi connectivity index (χ4n) is 1.88. The zero-order chi connectivity index (χ0) is 11.0. The number of hydrogen-bond donors (Lipinski definition) is 1. The first kappa shape index (κ1) is 9.97. The van der Waals surface area contributed by atoms with E-state index in [0.29, 0.717) is 0 Å². The quantitative estimate of drug-likeness (QED) is 0.719. The molecule has 0 unspecified atom stereocenters. The molecule has 2 heterocycles. The van der Waals surface area contributed by atoms with E-state index in [1.165, 1.54) is 16.8 Å². The van der Waals surface area contributed by atoms with Crippen LogP contribution in [0.2, 0.25) is 0 Å². The highest BCUT2D eigenvalue weighted by molar-refractivity contribution is 5.98. The van der Waals surface area contributed by atoms with Crippen molar-refractivity contribution < 1.29 is 0 Å². The summed E-state index contributed by atoms with van der Waals surface area (Å²) in [5.74, 6) is 0. The van der Waals surface area contributed by atoms with Gasteiger partial charge < -0.3 is 4.98 Å². The van der Waals surface area contributed by atoms with Gasteiger partial charge in [-0.05, 0) is 57.0 Å². The minimum atomic E-state index is 1.07. The van der Waals surface area contributed by atoms with E-state index in [2.05, 4.69) is 49.0 Å². The van der Waals surface area contributed by atoms with Crippen molar-refractivity contribution >= 4 is 11.8 Å². The van der Waals surface area contributed by atoms with E-state index in [0.717, 1.165) is 17.1 Å². The highest BCUT2D eigenvalue weighted by Gasteiger charge is 2.08. The second-order valence-corrected chi connectivity index (χ2v) is 4.16. The molecule has 0 aromatic carbocycles. The molecule has 0 radical (unpaired) electrons. The molecule has 1 aliphatic rings. The number of hydrogen-bond acceptors (Lipinski definition) is 1. The topological polar surface area (TPSA) is 28.1 Å². The van der Waals surface area contributed by atoms with Gasteiger partial charge in [-0.15, -0.1) is 0 Å². The molecule has 0 aliphatic carbocycles. The minimum Gasteiger partial charge on any atom is -0.359 e. The smallest absolute Gasteiger partial charge is 0.0683 e. The molecule has 0 bridgehead atoms. The molecule has 1 aromatic heterocycles. The second kappa shape index (κ2) is 3.54. The number of rotatable bonds is 1. The monoisotopic (exact) mass is 200 g/mol. The van der Waals surface area contributed by atoms with E-state index in [9.17, 15) is 0 Å². The van der Waals surface area contributed by atoms with Crippen molar-refractivity contribution in [2.45, 2.75) is 27.7 Å². The summed E-state index contributed by atoms with van der Waals surface area (Å²) in [6, 6.07) is 2.15. The number of H-pyrrole nitrogens is 1. The SMILES string of the molecule is CC1=CC(C)=NC1=Cc1[nH]c(C)cc1C. The van der Waals surface area contributed by atoms with Crippen LogP contribution in [-0.4, -0.2) is 10.7 Å². The van der Waals surface area contributed by atoms with Gasteiger partial charge in [0.2, 0.25) is 0 Å². The normalized spacial score (nSPS) is 18.3. The van der Waals surface area contributed by atoms with Gasteiger partial charge in [-0.1, -0.05) is 0 Å². The van der Waals surface area contributed by atoms with Gasteiger partial charge in [0.1, 0.15) is 0 Å². The van der Waals surface area contributed by atoms with Crippen LogP contribution in [0.25, 0.3) is 6.08 Å². The molecule has 78 valence electrons. The molecule has 0 saturated carbocycles. The molecule has 2 rings (SSSR count). The Morgan fingerprint density at radius 3 is 2.40 bits per heavy atom. The van der Waals surface area contributed by atoms with Gasteiger partial charge in [0, 0.05) is 17.1 Å².